The van der Waals surface area contributed by atoms with Crippen molar-refractivity contribution in [2.24, 2.45) is 0 Å². The second-order valence-corrected chi connectivity index (χ2v) is 4.55. The van der Waals surface area contributed by atoms with E-state index in [4.69, 9.17) is 0 Å². The van der Waals surface area contributed by atoms with E-state index in [9.17, 15) is 0 Å². The largest absolute Gasteiger partial charge is 0.353 e. The van der Waals surface area contributed by atoms with Crippen LogP contribution in [0.1, 0.15) is 19.3 Å². The van der Waals surface area contributed by atoms with Crippen molar-refractivity contribution in [2.45, 2.75) is 24.8 Å². The summed E-state index contributed by atoms with van der Waals surface area (Å²) in [6.07, 6.45) is 9.21. The van der Waals surface area contributed by atoms with Crippen LogP contribution in [0.15, 0.2) is 18.6 Å². The number of anilines is 1. The third-order valence-electron chi connectivity index (χ3n) is 3.56. The number of nitrogens with zero attached hydrogens (tertiary/aromatic N) is 3. The summed E-state index contributed by atoms with van der Waals surface area (Å²) in [4.78, 5) is 10.8. The molecule has 1 unspecified atom stereocenters. The number of hydrogen-bond donors (Lipinski definition) is 1. The van der Waals surface area contributed by atoms with Crippen LogP contribution in [0.4, 0.5) is 5.82 Å². The molecule has 0 bridgehead atoms. The molecular weight excluding hydrogens is 188 g/mol. The maximum atomic E-state index is 4.35. The fraction of sp³-hybridized carbons (Fsp3) is 0.636. The lowest BCUT2D eigenvalue weighted by Crippen LogP contribution is -2.42. The first kappa shape index (κ1) is 9.09. The molecule has 0 aromatic carbocycles. The van der Waals surface area contributed by atoms with Crippen molar-refractivity contribution in [1.29, 1.82) is 0 Å². The summed E-state index contributed by atoms with van der Waals surface area (Å²) in [5.41, 5.74) is 0.373. The minimum Gasteiger partial charge on any atom is -0.353 e. The molecule has 2 aliphatic rings. The molecule has 2 aliphatic heterocycles. The number of aromatic nitrogens is 2. The smallest absolute Gasteiger partial charge is 0.147 e. The predicted octanol–water partition coefficient (Wildman–Crippen LogP) is 0.809. The van der Waals surface area contributed by atoms with E-state index >= 15 is 0 Å². The van der Waals surface area contributed by atoms with Crippen LogP contribution >= 0.6 is 0 Å². The highest BCUT2D eigenvalue weighted by Gasteiger charge is 2.40. The molecular formula is C11H16N4. The summed E-state index contributed by atoms with van der Waals surface area (Å²) in [7, 11) is 0. The first-order valence-corrected chi connectivity index (χ1v) is 5.64. The highest BCUT2D eigenvalue weighted by Crippen LogP contribution is 2.31. The van der Waals surface area contributed by atoms with Crippen molar-refractivity contribution >= 4 is 5.82 Å². The first-order chi connectivity index (χ1) is 7.38. The van der Waals surface area contributed by atoms with Crippen LogP contribution < -0.4 is 10.2 Å². The molecule has 1 spiro atoms. The first-order valence-electron chi connectivity index (χ1n) is 5.64. The second-order valence-electron chi connectivity index (χ2n) is 4.55. The molecule has 0 amide bonds. The normalized spacial score (nSPS) is 30.3. The topological polar surface area (TPSA) is 41.1 Å². The lowest BCUT2D eigenvalue weighted by atomic mass is 9.97. The fourth-order valence-electron chi connectivity index (χ4n) is 2.74. The van der Waals surface area contributed by atoms with Crippen LogP contribution in [0.2, 0.25) is 0 Å². The molecule has 0 saturated carbocycles. The van der Waals surface area contributed by atoms with Gasteiger partial charge in [-0.3, -0.25) is 4.98 Å². The van der Waals surface area contributed by atoms with Crippen molar-refractivity contribution in [3.8, 4) is 0 Å². The number of nitrogens with one attached hydrogen (secondary N) is 1. The van der Waals surface area contributed by atoms with E-state index in [1.807, 2.05) is 6.20 Å². The Morgan fingerprint density at radius 2 is 2.33 bits per heavy atom. The Labute approximate surface area is 89.7 Å². The monoisotopic (exact) mass is 204 g/mol. The van der Waals surface area contributed by atoms with Crippen LogP contribution in [0.25, 0.3) is 0 Å². The highest BCUT2D eigenvalue weighted by molar-refractivity contribution is 5.38. The van der Waals surface area contributed by atoms with Gasteiger partial charge in [0.25, 0.3) is 0 Å². The average Bonchev–Trinajstić information content (AvgIpc) is 2.91. The van der Waals surface area contributed by atoms with Crippen molar-refractivity contribution in [2.75, 3.05) is 24.5 Å². The Morgan fingerprint density at radius 3 is 3.07 bits per heavy atom. The van der Waals surface area contributed by atoms with Crippen molar-refractivity contribution in [3.05, 3.63) is 18.6 Å². The van der Waals surface area contributed by atoms with E-state index in [2.05, 4.69) is 20.2 Å². The molecule has 1 N–H and O–H groups in total. The summed E-state index contributed by atoms with van der Waals surface area (Å²) in [6.45, 7) is 3.37. The zero-order chi connectivity index (χ0) is 10.1. The number of rotatable bonds is 1. The van der Waals surface area contributed by atoms with Gasteiger partial charge in [0.1, 0.15) is 5.82 Å². The number of hydrogen-bond acceptors (Lipinski definition) is 4. The van der Waals surface area contributed by atoms with Crippen molar-refractivity contribution < 1.29 is 0 Å². The zero-order valence-corrected chi connectivity index (χ0v) is 8.82. The second kappa shape index (κ2) is 3.45. The summed E-state index contributed by atoms with van der Waals surface area (Å²) in [6, 6.07) is 0. The third kappa shape index (κ3) is 1.59. The van der Waals surface area contributed by atoms with Gasteiger partial charge in [0.15, 0.2) is 0 Å². The van der Waals surface area contributed by atoms with Crippen LogP contribution in [-0.4, -0.2) is 35.1 Å². The van der Waals surface area contributed by atoms with Gasteiger partial charge in [-0.25, -0.2) is 4.98 Å². The predicted molar refractivity (Wildman–Crippen MR) is 58.8 cm³/mol. The van der Waals surface area contributed by atoms with Crippen LogP contribution in [0.5, 0.6) is 0 Å². The van der Waals surface area contributed by atoms with E-state index in [1.54, 1.807) is 12.4 Å². The lowest BCUT2D eigenvalue weighted by molar-refractivity contribution is 0.418. The van der Waals surface area contributed by atoms with Gasteiger partial charge in [-0.05, 0) is 25.8 Å². The van der Waals surface area contributed by atoms with E-state index in [0.717, 1.165) is 18.9 Å². The van der Waals surface area contributed by atoms with Gasteiger partial charge >= 0.3 is 0 Å². The van der Waals surface area contributed by atoms with E-state index < -0.39 is 0 Å². The van der Waals surface area contributed by atoms with Crippen molar-refractivity contribution in [3.63, 3.8) is 0 Å². The summed E-state index contributed by atoms with van der Waals surface area (Å²) < 4.78 is 0. The van der Waals surface area contributed by atoms with Crippen molar-refractivity contribution in [1.82, 2.24) is 15.3 Å². The minimum absolute atomic E-state index is 0.373. The molecule has 1 aromatic heterocycles. The van der Waals surface area contributed by atoms with Gasteiger partial charge in [0.2, 0.25) is 0 Å². The summed E-state index contributed by atoms with van der Waals surface area (Å²) in [5, 5.41) is 3.64. The Bertz CT molecular complexity index is 332. The molecule has 1 aromatic rings. The standard InChI is InChI=1S/C11H16N4/c1-2-11(14-4-1)3-7-15(9-11)10-8-12-5-6-13-10/h5-6,8,14H,1-4,7,9H2. The molecule has 4 nitrogen and oxygen atoms in total. The molecule has 3 heterocycles. The van der Waals surface area contributed by atoms with Gasteiger partial charge in [-0.1, -0.05) is 0 Å². The molecule has 2 fully saturated rings. The highest BCUT2D eigenvalue weighted by atomic mass is 15.3. The molecule has 3 rings (SSSR count). The summed E-state index contributed by atoms with van der Waals surface area (Å²) in [5.74, 6) is 1.02. The minimum atomic E-state index is 0.373. The molecule has 15 heavy (non-hydrogen) atoms. The van der Waals surface area contributed by atoms with Gasteiger partial charge in [-0.2, -0.15) is 0 Å². The van der Waals surface area contributed by atoms with Gasteiger partial charge < -0.3 is 10.2 Å². The van der Waals surface area contributed by atoms with Crippen LogP contribution in [0, 0.1) is 0 Å². The molecule has 2 saturated heterocycles. The molecule has 80 valence electrons. The Hall–Kier alpha value is -1.16. The Morgan fingerprint density at radius 1 is 1.33 bits per heavy atom. The van der Waals surface area contributed by atoms with E-state index in [1.165, 1.54) is 25.8 Å². The Kier molecular flexibility index (Phi) is 2.09. The third-order valence-corrected chi connectivity index (χ3v) is 3.56. The molecule has 0 radical (unpaired) electrons. The lowest BCUT2D eigenvalue weighted by Gasteiger charge is -2.24. The fourth-order valence-corrected chi connectivity index (χ4v) is 2.74. The van der Waals surface area contributed by atoms with E-state index in [0.29, 0.717) is 5.54 Å². The Balaban J connectivity index is 1.76. The molecule has 0 aliphatic carbocycles. The quantitative estimate of drug-likeness (QED) is 0.735. The van der Waals surface area contributed by atoms with Crippen LogP contribution in [-0.2, 0) is 0 Å². The SMILES string of the molecule is c1cnc(N2CCC3(CCCN3)C2)cn1. The maximum absolute atomic E-state index is 4.35. The van der Waals surface area contributed by atoms with Crippen LogP contribution in [0.3, 0.4) is 0 Å². The average molecular weight is 204 g/mol. The van der Waals surface area contributed by atoms with Gasteiger partial charge in [-0.15, -0.1) is 0 Å². The molecule has 4 heteroatoms. The maximum Gasteiger partial charge on any atom is 0.147 e. The van der Waals surface area contributed by atoms with E-state index in [-0.39, 0.29) is 0 Å². The van der Waals surface area contributed by atoms with Gasteiger partial charge in [0, 0.05) is 31.0 Å². The van der Waals surface area contributed by atoms with Gasteiger partial charge in [0.05, 0.1) is 6.20 Å². The summed E-state index contributed by atoms with van der Waals surface area (Å²) >= 11 is 0. The molecule has 1 atom stereocenters. The zero-order valence-electron chi connectivity index (χ0n) is 8.82.